The number of sulfonamides is 1. The maximum absolute atomic E-state index is 14.9. The summed E-state index contributed by atoms with van der Waals surface area (Å²) in [6.45, 7) is 13.9. The van der Waals surface area contributed by atoms with E-state index in [2.05, 4.69) is 86.1 Å². The minimum absolute atomic E-state index is 0.100. The zero-order valence-electron chi connectivity index (χ0n) is 29.9. The number of aromatic nitrogens is 1. The predicted molar refractivity (Wildman–Crippen MR) is 205 cm³/mol. The molecule has 2 amide bonds. The lowest BCUT2D eigenvalue weighted by Gasteiger charge is -2.41. The van der Waals surface area contributed by atoms with E-state index in [4.69, 9.17) is 0 Å². The fourth-order valence-corrected chi connectivity index (χ4v) is 17.5. The Morgan fingerprint density at radius 2 is 1.52 bits per heavy atom. The molecule has 0 radical (unpaired) electrons. The van der Waals surface area contributed by atoms with Crippen LogP contribution in [-0.4, -0.2) is 68.3 Å². The monoisotopic (exact) mass is 774 g/mol. The van der Waals surface area contributed by atoms with Gasteiger partial charge < -0.3 is 14.0 Å². The molecule has 4 aromatic rings. The molecule has 3 aromatic carbocycles. The van der Waals surface area contributed by atoms with Gasteiger partial charge in [-0.3, -0.25) is 9.59 Å². The lowest BCUT2D eigenvalue weighted by Crippen LogP contribution is -2.62. The van der Waals surface area contributed by atoms with Crippen LogP contribution in [0.5, 0.6) is 0 Å². The van der Waals surface area contributed by atoms with Crippen LogP contribution in [0, 0.1) is 11.8 Å². The molecule has 3 aliphatic heterocycles. The first-order valence-electron chi connectivity index (χ1n) is 17.7. The standard InChI is InChI=1S/C39H47BrN4O4SSi/c1-25(2)23-50(27(5)6,24-26(3)4)42-21-32(30-19-28(40)17-18-33(30)42)39-20-35-37(46)41(7)22-36(45)43(35)38(39)44(34-16-12-11-15-31(34)39)49(47,48)29-13-9-8-10-14-29/h8-19,21,25-27,35,38H,20,22-24H2,1-7H3/t35-,38-,39+/m0/s1. The zero-order valence-corrected chi connectivity index (χ0v) is 33.3. The first-order valence-corrected chi connectivity index (χ1v) is 22.4. The van der Waals surface area contributed by atoms with Gasteiger partial charge in [0.05, 0.1) is 22.5 Å². The van der Waals surface area contributed by atoms with Crippen LogP contribution in [0.3, 0.4) is 0 Å². The summed E-state index contributed by atoms with van der Waals surface area (Å²) in [7, 11) is -4.81. The van der Waals surface area contributed by atoms with Crippen molar-refractivity contribution in [2.45, 2.75) is 88.1 Å². The molecule has 0 unspecified atom stereocenters. The molecule has 7 rings (SSSR count). The van der Waals surface area contributed by atoms with Gasteiger partial charge in [0.15, 0.2) is 8.24 Å². The molecule has 2 saturated heterocycles. The van der Waals surface area contributed by atoms with Gasteiger partial charge in [-0.2, -0.15) is 0 Å². The van der Waals surface area contributed by atoms with Crippen molar-refractivity contribution in [2.75, 3.05) is 17.9 Å². The number of likely N-dealkylation sites (N-methyl/N-ethyl adjacent to an activating group) is 1. The Morgan fingerprint density at radius 1 is 0.880 bits per heavy atom. The predicted octanol–water partition coefficient (Wildman–Crippen LogP) is 7.81. The summed E-state index contributed by atoms with van der Waals surface area (Å²) in [6.07, 6.45) is 1.64. The molecular weight excluding hydrogens is 729 g/mol. The van der Waals surface area contributed by atoms with Crippen LogP contribution in [0.15, 0.2) is 88.4 Å². The van der Waals surface area contributed by atoms with Crippen molar-refractivity contribution in [1.82, 2.24) is 14.0 Å². The number of amides is 2. The number of anilines is 1. The van der Waals surface area contributed by atoms with E-state index in [1.165, 1.54) is 9.21 Å². The molecule has 8 nitrogen and oxygen atoms in total. The Labute approximate surface area is 305 Å². The molecule has 0 bridgehead atoms. The number of nitrogens with zero attached hydrogens (tertiary/aromatic N) is 4. The van der Waals surface area contributed by atoms with Crippen LogP contribution in [0.1, 0.15) is 59.1 Å². The van der Waals surface area contributed by atoms with Gasteiger partial charge in [0.1, 0.15) is 12.2 Å². The normalized spacial score (nSPS) is 22.3. The maximum Gasteiger partial charge on any atom is 0.266 e. The number of para-hydroxylation sites is 1. The highest BCUT2D eigenvalue weighted by atomic mass is 79.9. The van der Waals surface area contributed by atoms with Crippen LogP contribution in [0.25, 0.3) is 10.9 Å². The molecule has 0 aliphatic carbocycles. The van der Waals surface area contributed by atoms with Crippen molar-refractivity contribution in [3.8, 4) is 0 Å². The van der Waals surface area contributed by atoms with Crippen molar-refractivity contribution in [3.63, 3.8) is 0 Å². The van der Waals surface area contributed by atoms with Gasteiger partial charge in [0.2, 0.25) is 11.8 Å². The second-order valence-corrected chi connectivity index (χ2v) is 23.1. The summed E-state index contributed by atoms with van der Waals surface area (Å²) in [5, 5.41) is 1.02. The van der Waals surface area contributed by atoms with Crippen LogP contribution in [-0.2, 0) is 25.0 Å². The van der Waals surface area contributed by atoms with E-state index < -0.39 is 35.9 Å². The maximum atomic E-state index is 14.9. The molecule has 0 saturated carbocycles. The Bertz CT molecular complexity index is 2090. The van der Waals surface area contributed by atoms with Crippen molar-refractivity contribution < 1.29 is 18.0 Å². The first kappa shape index (κ1) is 35.0. The van der Waals surface area contributed by atoms with Gasteiger partial charge in [-0.15, -0.1) is 0 Å². The van der Waals surface area contributed by atoms with Crippen LogP contribution in [0.2, 0.25) is 17.6 Å². The molecule has 0 spiro atoms. The summed E-state index contributed by atoms with van der Waals surface area (Å²) in [6, 6.07) is 23.9. The minimum atomic E-state index is -4.18. The van der Waals surface area contributed by atoms with Gasteiger partial charge in [-0.25, -0.2) is 12.7 Å². The first-order chi connectivity index (χ1) is 23.6. The number of piperazine rings is 1. The highest BCUT2D eigenvalue weighted by molar-refractivity contribution is 9.10. The largest absolute Gasteiger partial charge is 0.373 e. The van der Waals surface area contributed by atoms with E-state index in [1.54, 1.807) is 42.3 Å². The summed E-state index contributed by atoms with van der Waals surface area (Å²) >= 11 is 3.78. The zero-order chi connectivity index (χ0) is 35.9. The Morgan fingerprint density at radius 3 is 2.16 bits per heavy atom. The summed E-state index contributed by atoms with van der Waals surface area (Å²) < 4.78 is 34.9. The second-order valence-electron chi connectivity index (χ2n) is 15.7. The number of carbonyl (C=O) groups is 2. The van der Waals surface area contributed by atoms with Crippen LogP contribution in [0.4, 0.5) is 5.69 Å². The highest BCUT2D eigenvalue weighted by Crippen LogP contribution is 2.61. The van der Waals surface area contributed by atoms with E-state index in [9.17, 15) is 18.0 Å². The molecule has 3 atom stereocenters. The number of fused-ring (bicyclic) bond motifs is 6. The molecule has 1 aromatic heterocycles. The average molecular weight is 776 g/mol. The van der Waals surface area contributed by atoms with Gasteiger partial charge in [-0.1, -0.05) is 93.9 Å². The molecule has 2 fully saturated rings. The summed E-state index contributed by atoms with van der Waals surface area (Å²) in [4.78, 5) is 31.5. The highest BCUT2D eigenvalue weighted by Gasteiger charge is 2.68. The summed E-state index contributed by atoms with van der Waals surface area (Å²) in [5.74, 6) is 0.550. The van der Waals surface area contributed by atoms with Crippen LogP contribution >= 0.6 is 15.9 Å². The van der Waals surface area contributed by atoms with Gasteiger partial charge in [0.25, 0.3) is 10.0 Å². The number of carbonyl (C=O) groups excluding carboxylic acids is 2. The third kappa shape index (κ3) is 5.04. The SMILES string of the molecule is CC(C)C[Si](CC(C)C)(C(C)C)n1cc([C@]23C[C@H]4C(=O)N(C)CC(=O)N4[C@H]2N(S(=O)(=O)c2ccccc2)c2ccccc23)c2cc(Br)ccc21. The van der Waals surface area contributed by atoms with E-state index in [0.717, 1.165) is 38.6 Å². The van der Waals surface area contributed by atoms with Gasteiger partial charge in [-0.05, 0) is 83.4 Å². The summed E-state index contributed by atoms with van der Waals surface area (Å²) in [5.41, 5.74) is 2.87. The van der Waals surface area contributed by atoms with E-state index >= 15 is 0 Å². The lowest BCUT2D eigenvalue weighted by molar-refractivity contribution is -0.153. The van der Waals surface area contributed by atoms with Crippen LogP contribution < -0.4 is 4.31 Å². The molecule has 50 heavy (non-hydrogen) atoms. The molecule has 0 N–H and O–H groups in total. The second kappa shape index (κ2) is 12.4. The molecular formula is C39H47BrN4O4SSi. The topological polar surface area (TPSA) is 82.9 Å². The molecule has 11 heteroatoms. The van der Waals surface area contributed by atoms with E-state index in [-0.39, 0.29) is 29.7 Å². The van der Waals surface area contributed by atoms with Gasteiger partial charge >= 0.3 is 0 Å². The van der Waals surface area contributed by atoms with E-state index in [0.29, 0.717) is 23.1 Å². The quantitative estimate of drug-likeness (QED) is 0.163. The molecule has 4 heterocycles. The third-order valence-corrected chi connectivity index (χ3v) is 20.1. The number of rotatable bonds is 9. The number of benzene rings is 3. The van der Waals surface area contributed by atoms with Gasteiger partial charge in [0, 0.05) is 28.6 Å². The Balaban J connectivity index is 1.60. The van der Waals surface area contributed by atoms with Crippen molar-refractivity contribution >= 4 is 62.6 Å². The molecule has 3 aliphatic rings. The van der Waals surface area contributed by atoms with Crippen molar-refractivity contribution in [2.24, 2.45) is 11.8 Å². The van der Waals surface area contributed by atoms with Crippen molar-refractivity contribution in [3.05, 3.63) is 94.6 Å². The lowest BCUT2D eigenvalue weighted by atomic mass is 9.72. The Hall–Kier alpha value is -3.41. The fraction of sp³-hybridized carbons (Fsp3) is 0.436. The fourth-order valence-electron chi connectivity index (χ4n) is 9.52. The number of hydrogen-bond donors (Lipinski definition) is 0. The third-order valence-electron chi connectivity index (χ3n) is 11.3. The minimum Gasteiger partial charge on any atom is -0.373 e. The molecule has 264 valence electrons. The Kier molecular flexibility index (Phi) is 8.66. The number of hydrogen-bond acceptors (Lipinski definition) is 4. The van der Waals surface area contributed by atoms with E-state index in [1.807, 2.05) is 24.3 Å². The van der Waals surface area contributed by atoms with Crippen molar-refractivity contribution in [1.29, 1.82) is 0 Å². The average Bonchev–Trinajstić information content (AvgIpc) is 3.69. The smallest absolute Gasteiger partial charge is 0.266 e. The number of halogens is 1.